The molecule has 0 fully saturated rings. The molecule has 0 aliphatic heterocycles. The lowest BCUT2D eigenvalue weighted by atomic mass is 10.1. The highest BCUT2D eigenvalue weighted by Gasteiger charge is 2.33. The van der Waals surface area contributed by atoms with Crippen LogP contribution in [-0.2, 0) is 14.8 Å². The molecule has 0 unspecified atom stereocenters. The van der Waals surface area contributed by atoms with Crippen LogP contribution in [0.1, 0.15) is 24.5 Å². The molecule has 174 valence electrons. The highest BCUT2D eigenvalue weighted by molar-refractivity contribution is 7.92. The number of hydrogen-bond acceptors (Lipinski definition) is 8. The summed E-state index contributed by atoms with van der Waals surface area (Å²) in [7, 11) is -3.96. The van der Waals surface area contributed by atoms with Gasteiger partial charge in [0.15, 0.2) is 0 Å². The first-order chi connectivity index (χ1) is 15.5. The number of nitro groups is 1. The fourth-order valence-corrected chi connectivity index (χ4v) is 5.27. The van der Waals surface area contributed by atoms with E-state index in [0.29, 0.717) is 10.6 Å². The Morgan fingerprint density at radius 3 is 2.42 bits per heavy atom. The fraction of sp³-hybridized carbons (Fsp3) is 0.286. The Balaban J connectivity index is 1.92. The predicted octanol–water partition coefficient (Wildman–Crippen LogP) is 3.91. The number of aromatic nitrogens is 2. The molecule has 1 atom stereocenters. The first-order valence-electron chi connectivity index (χ1n) is 9.97. The summed E-state index contributed by atoms with van der Waals surface area (Å²) in [5.74, 6) is -0.611. The summed E-state index contributed by atoms with van der Waals surface area (Å²) in [5, 5.41) is 22.8. The van der Waals surface area contributed by atoms with Gasteiger partial charge in [-0.2, -0.15) is 0 Å². The SMILES string of the molecule is CC[C@@H](C(=O)Nc1nnc(-c2ccc(C)cc2)s1)N(c1cc([N+](=O)[O-])ccc1C)S(C)(=O)=O. The highest BCUT2D eigenvalue weighted by atomic mass is 32.2. The zero-order valence-electron chi connectivity index (χ0n) is 18.5. The van der Waals surface area contributed by atoms with E-state index in [0.717, 1.165) is 39.1 Å². The molecule has 12 heteroatoms. The lowest BCUT2D eigenvalue weighted by Crippen LogP contribution is -2.47. The summed E-state index contributed by atoms with van der Waals surface area (Å²) in [6.07, 6.45) is 1.09. The number of nitrogens with one attached hydrogen (secondary N) is 1. The second kappa shape index (κ2) is 9.63. The third kappa shape index (κ3) is 5.52. The number of aryl methyl sites for hydroxylation is 2. The summed E-state index contributed by atoms with van der Waals surface area (Å²) < 4.78 is 26.3. The average Bonchev–Trinajstić information content (AvgIpc) is 3.20. The predicted molar refractivity (Wildman–Crippen MR) is 128 cm³/mol. The number of sulfonamides is 1. The molecule has 3 aromatic rings. The molecule has 1 amide bonds. The van der Waals surface area contributed by atoms with Crippen LogP contribution >= 0.6 is 11.3 Å². The molecule has 2 aromatic carbocycles. The highest BCUT2D eigenvalue weighted by Crippen LogP contribution is 2.31. The van der Waals surface area contributed by atoms with E-state index >= 15 is 0 Å². The smallest absolute Gasteiger partial charge is 0.271 e. The molecule has 0 aliphatic rings. The number of carbonyl (C=O) groups excluding carboxylic acids is 1. The Hall–Kier alpha value is -3.38. The van der Waals surface area contributed by atoms with Crippen molar-refractivity contribution in [2.45, 2.75) is 33.2 Å². The van der Waals surface area contributed by atoms with Gasteiger partial charge in [0, 0.05) is 17.7 Å². The van der Waals surface area contributed by atoms with Crippen LogP contribution < -0.4 is 9.62 Å². The number of non-ortho nitro benzene ring substituents is 1. The molecule has 0 bridgehead atoms. The van der Waals surface area contributed by atoms with Gasteiger partial charge in [-0.1, -0.05) is 54.2 Å². The topological polar surface area (TPSA) is 135 Å². The lowest BCUT2D eigenvalue weighted by Gasteiger charge is -2.30. The number of amides is 1. The average molecular weight is 490 g/mol. The van der Waals surface area contributed by atoms with Crippen LogP contribution in [0.3, 0.4) is 0 Å². The van der Waals surface area contributed by atoms with Gasteiger partial charge in [0.25, 0.3) is 5.69 Å². The van der Waals surface area contributed by atoms with Gasteiger partial charge < -0.3 is 0 Å². The maximum Gasteiger partial charge on any atom is 0.271 e. The molecule has 10 nitrogen and oxygen atoms in total. The molecule has 33 heavy (non-hydrogen) atoms. The minimum Gasteiger partial charge on any atom is -0.299 e. The number of anilines is 2. The van der Waals surface area contributed by atoms with Crippen molar-refractivity contribution in [1.29, 1.82) is 0 Å². The molecule has 0 saturated carbocycles. The number of hydrogen-bond donors (Lipinski definition) is 1. The molecule has 0 radical (unpaired) electrons. The van der Waals surface area contributed by atoms with Gasteiger partial charge in [-0.25, -0.2) is 8.42 Å². The molecule has 1 N–H and O–H groups in total. The summed E-state index contributed by atoms with van der Waals surface area (Å²) in [6.45, 7) is 5.25. The Kier molecular flexibility index (Phi) is 7.08. The molecule has 0 aliphatic carbocycles. The third-order valence-corrected chi connectivity index (χ3v) is 6.98. The number of nitrogens with zero attached hydrogens (tertiary/aromatic N) is 4. The van der Waals surface area contributed by atoms with Crippen molar-refractivity contribution in [2.24, 2.45) is 0 Å². The monoisotopic (exact) mass is 489 g/mol. The van der Waals surface area contributed by atoms with E-state index < -0.39 is 26.9 Å². The van der Waals surface area contributed by atoms with Crippen LogP contribution in [0.15, 0.2) is 42.5 Å². The first-order valence-corrected chi connectivity index (χ1v) is 12.6. The van der Waals surface area contributed by atoms with Crippen LogP contribution in [0.25, 0.3) is 10.6 Å². The van der Waals surface area contributed by atoms with Crippen molar-refractivity contribution in [3.05, 3.63) is 63.7 Å². The van der Waals surface area contributed by atoms with Gasteiger partial charge in [-0.05, 0) is 25.8 Å². The van der Waals surface area contributed by atoms with Crippen molar-refractivity contribution in [2.75, 3.05) is 15.9 Å². The maximum absolute atomic E-state index is 13.1. The largest absolute Gasteiger partial charge is 0.299 e. The van der Waals surface area contributed by atoms with Crippen LogP contribution in [0.4, 0.5) is 16.5 Å². The van der Waals surface area contributed by atoms with Crippen LogP contribution in [0.5, 0.6) is 0 Å². The molecular formula is C21H23N5O5S2. The number of nitro benzene ring substituents is 1. The van der Waals surface area contributed by atoms with E-state index in [4.69, 9.17) is 0 Å². The number of rotatable bonds is 8. The zero-order chi connectivity index (χ0) is 24.3. The summed E-state index contributed by atoms with van der Waals surface area (Å²) in [5.41, 5.74) is 2.23. The second-order valence-corrected chi connectivity index (χ2v) is 10.3. The minimum atomic E-state index is -3.96. The van der Waals surface area contributed by atoms with Crippen LogP contribution in [0, 0.1) is 24.0 Å². The standard InChI is InChI=1S/C21H23N5O5S2/c1-5-17(25(33(4,30)31)18-12-16(26(28)29)11-8-14(18)3)19(27)22-21-24-23-20(32-21)15-9-6-13(2)7-10-15/h6-12,17H,5H2,1-4H3,(H,22,24,27)/t17-/m0/s1. The molecule has 3 rings (SSSR count). The number of benzene rings is 2. The fourth-order valence-electron chi connectivity index (χ4n) is 3.26. The number of carbonyl (C=O) groups is 1. The van der Waals surface area contributed by atoms with Gasteiger partial charge in [-0.15, -0.1) is 10.2 Å². The zero-order valence-corrected chi connectivity index (χ0v) is 20.1. The van der Waals surface area contributed by atoms with Crippen molar-refractivity contribution in [3.63, 3.8) is 0 Å². The van der Waals surface area contributed by atoms with E-state index in [1.165, 1.54) is 12.1 Å². The normalized spacial score (nSPS) is 12.2. The van der Waals surface area contributed by atoms with Gasteiger partial charge in [0.2, 0.25) is 21.1 Å². The van der Waals surface area contributed by atoms with Crippen molar-refractivity contribution < 1.29 is 18.1 Å². The molecule has 0 saturated heterocycles. The van der Waals surface area contributed by atoms with E-state index in [-0.39, 0.29) is 22.9 Å². The Morgan fingerprint density at radius 2 is 1.85 bits per heavy atom. The molecule has 1 aromatic heterocycles. The summed E-state index contributed by atoms with van der Waals surface area (Å²) in [4.78, 5) is 23.7. The quantitative estimate of drug-likeness (QED) is 0.374. The lowest BCUT2D eigenvalue weighted by molar-refractivity contribution is -0.384. The molecule has 1 heterocycles. The molecular weight excluding hydrogens is 466 g/mol. The van der Waals surface area contributed by atoms with Crippen molar-refractivity contribution in [3.8, 4) is 10.6 Å². The van der Waals surface area contributed by atoms with Crippen LogP contribution in [0.2, 0.25) is 0 Å². The van der Waals surface area contributed by atoms with E-state index in [1.807, 2.05) is 31.2 Å². The van der Waals surface area contributed by atoms with Crippen molar-refractivity contribution >= 4 is 43.8 Å². The van der Waals surface area contributed by atoms with E-state index in [2.05, 4.69) is 15.5 Å². The summed E-state index contributed by atoms with van der Waals surface area (Å²) in [6, 6.07) is 10.4. The van der Waals surface area contributed by atoms with Gasteiger partial charge in [0.1, 0.15) is 11.0 Å². The summed E-state index contributed by atoms with van der Waals surface area (Å²) >= 11 is 1.16. The molecule has 0 spiro atoms. The van der Waals surface area contributed by atoms with Gasteiger partial charge in [0.05, 0.1) is 16.9 Å². The Labute approximate surface area is 195 Å². The van der Waals surface area contributed by atoms with Gasteiger partial charge in [-0.3, -0.25) is 24.5 Å². The van der Waals surface area contributed by atoms with Crippen molar-refractivity contribution in [1.82, 2.24) is 10.2 Å². The van der Waals surface area contributed by atoms with Crippen LogP contribution in [-0.4, -0.2) is 41.7 Å². The third-order valence-electron chi connectivity index (χ3n) is 4.92. The Morgan fingerprint density at radius 1 is 1.18 bits per heavy atom. The minimum absolute atomic E-state index is 0.0753. The van der Waals surface area contributed by atoms with E-state index in [1.54, 1.807) is 13.8 Å². The second-order valence-electron chi connectivity index (χ2n) is 7.48. The maximum atomic E-state index is 13.1. The van der Waals surface area contributed by atoms with E-state index in [9.17, 15) is 23.3 Å². The Bertz CT molecular complexity index is 1290. The first kappa shape index (κ1) is 24.3. The van der Waals surface area contributed by atoms with Gasteiger partial charge >= 0.3 is 0 Å².